The summed E-state index contributed by atoms with van der Waals surface area (Å²) in [5.41, 5.74) is 1.68. The number of piperazine rings is 1. The number of H-pyrrole nitrogens is 1. The quantitative estimate of drug-likeness (QED) is 0.356. The van der Waals surface area contributed by atoms with Gasteiger partial charge >= 0.3 is 11.9 Å². The molecule has 2 aromatic carbocycles. The number of halogens is 3. The molecule has 0 radical (unpaired) electrons. The number of oxazole rings is 1. The maximum absolute atomic E-state index is 13.2. The van der Waals surface area contributed by atoms with Crippen molar-refractivity contribution >= 4 is 34.1 Å². The summed E-state index contributed by atoms with van der Waals surface area (Å²) in [7, 11) is 0. The Morgan fingerprint density at radius 3 is 2.47 bits per heavy atom. The highest BCUT2D eigenvalue weighted by Crippen LogP contribution is 2.33. The molecule has 0 aliphatic carbocycles. The van der Waals surface area contributed by atoms with Crippen molar-refractivity contribution in [2.45, 2.75) is 19.5 Å². The van der Waals surface area contributed by atoms with Crippen LogP contribution >= 0.6 is 11.3 Å². The van der Waals surface area contributed by atoms with Crippen LogP contribution in [0.1, 0.15) is 37.7 Å². The lowest BCUT2D eigenvalue weighted by molar-refractivity contribution is -0.137. The van der Waals surface area contributed by atoms with E-state index < -0.39 is 17.5 Å². The van der Waals surface area contributed by atoms with Crippen molar-refractivity contribution in [2.75, 3.05) is 32.7 Å². The molecule has 0 atom stereocenters. The first kappa shape index (κ1) is 25.9. The van der Waals surface area contributed by atoms with E-state index in [-0.39, 0.29) is 11.7 Å². The Morgan fingerprint density at radius 1 is 1.08 bits per heavy atom. The highest BCUT2D eigenvalue weighted by Gasteiger charge is 2.30. The molecule has 1 amide bonds. The summed E-state index contributed by atoms with van der Waals surface area (Å²) in [5.74, 6) is -0.790. The molecule has 198 valence electrons. The molecule has 1 saturated heterocycles. The number of carbonyl (C=O) groups excluding carboxylic acids is 2. The summed E-state index contributed by atoms with van der Waals surface area (Å²) < 4.78 is 43.6. The van der Waals surface area contributed by atoms with E-state index in [1.807, 2.05) is 0 Å². The molecule has 0 spiro atoms. The van der Waals surface area contributed by atoms with E-state index in [1.165, 1.54) is 23.5 Å². The molecule has 0 saturated carbocycles. The van der Waals surface area contributed by atoms with Gasteiger partial charge in [-0.05, 0) is 37.3 Å². The van der Waals surface area contributed by atoms with Crippen molar-refractivity contribution in [2.24, 2.45) is 0 Å². The van der Waals surface area contributed by atoms with Crippen LogP contribution in [0.5, 0.6) is 0 Å². The number of ketones is 1. The molecule has 3 heterocycles. The number of hydrogen-bond acceptors (Lipinski definition) is 7. The molecular formula is C26H23F3N4O4S. The van der Waals surface area contributed by atoms with E-state index in [0.717, 1.165) is 12.1 Å². The summed E-state index contributed by atoms with van der Waals surface area (Å²) in [4.78, 5) is 48.4. The molecule has 12 heteroatoms. The molecule has 5 rings (SSSR count). The van der Waals surface area contributed by atoms with Gasteiger partial charge in [0.2, 0.25) is 0 Å². The van der Waals surface area contributed by atoms with Crippen molar-refractivity contribution in [3.05, 3.63) is 74.7 Å². The van der Waals surface area contributed by atoms with E-state index in [4.69, 9.17) is 4.42 Å². The maximum Gasteiger partial charge on any atom is 0.417 e. The smallest absolute Gasteiger partial charge is 0.408 e. The first-order chi connectivity index (χ1) is 18.1. The molecule has 1 N–H and O–H groups in total. The van der Waals surface area contributed by atoms with Crippen LogP contribution in [-0.4, -0.2) is 64.2 Å². The van der Waals surface area contributed by atoms with Crippen LogP contribution < -0.4 is 5.76 Å². The number of alkyl halides is 3. The van der Waals surface area contributed by atoms with E-state index in [2.05, 4.69) is 14.9 Å². The number of hydrogen-bond donors (Lipinski definition) is 1. The number of benzene rings is 2. The monoisotopic (exact) mass is 544 g/mol. The second-order valence-electron chi connectivity index (χ2n) is 9.04. The number of aryl methyl sites for hydroxylation is 1. The molecule has 1 aliphatic rings. The fourth-order valence-electron chi connectivity index (χ4n) is 4.36. The number of amides is 1. The van der Waals surface area contributed by atoms with Crippen LogP contribution in [0.3, 0.4) is 0 Å². The van der Waals surface area contributed by atoms with Crippen molar-refractivity contribution in [1.29, 1.82) is 0 Å². The first-order valence-corrected chi connectivity index (χ1v) is 12.7. The lowest BCUT2D eigenvalue weighted by Gasteiger charge is -2.34. The normalized spacial score (nSPS) is 14.8. The zero-order chi connectivity index (χ0) is 27.0. The van der Waals surface area contributed by atoms with E-state index in [1.54, 1.807) is 30.0 Å². The second-order valence-corrected chi connectivity index (χ2v) is 10.0. The van der Waals surface area contributed by atoms with Crippen molar-refractivity contribution in [3.63, 3.8) is 0 Å². The standard InChI is InChI=1S/C26H23F3N4O4S/c1-15-22(38-23(30-15)16-2-5-18(6-3-16)26(27,28)29)24(35)33-12-10-32(11-13-33)9-8-20(34)17-4-7-19-21(14-17)37-25(36)31-19/h2-7,14H,8-13H2,1H3,(H,31,36). The van der Waals surface area contributed by atoms with E-state index in [9.17, 15) is 27.6 Å². The predicted octanol–water partition coefficient (Wildman–Crippen LogP) is 4.60. The van der Waals surface area contributed by atoms with Gasteiger partial charge in [-0.15, -0.1) is 11.3 Å². The van der Waals surface area contributed by atoms with Crippen molar-refractivity contribution in [3.8, 4) is 10.6 Å². The fraction of sp³-hybridized carbons (Fsp3) is 0.308. The minimum absolute atomic E-state index is 0.0645. The van der Waals surface area contributed by atoms with Gasteiger partial charge in [0, 0.05) is 50.3 Å². The fourth-order valence-corrected chi connectivity index (χ4v) is 5.40. The molecule has 4 aromatic rings. The van der Waals surface area contributed by atoms with Crippen LogP contribution in [0, 0.1) is 6.92 Å². The molecule has 2 aromatic heterocycles. The Kier molecular flexibility index (Phi) is 6.93. The molecule has 1 fully saturated rings. The zero-order valence-corrected chi connectivity index (χ0v) is 21.1. The summed E-state index contributed by atoms with van der Waals surface area (Å²) in [6.45, 7) is 4.44. The third-order valence-corrected chi connectivity index (χ3v) is 7.70. The SMILES string of the molecule is Cc1nc(-c2ccc(C(F)(F)F)cc2)sc1C(=O)N1CCN(CCC(=O)c2ccc3[nH]c(=O)oc3c2)CC1. The number of nitrogens with zero attached hydrogens (tertiary/aromatic N) is 3. The van der Waals surface area contributed by atoms with Gasteiger partial charge in [0.25, 0.3) is 5.91 Å². The molecular weight excluding hydrogens is 521 g/mol. The van der Waals surface area contributed by atoms with Crippen LogP contribution in [0.15, 0.2) is 51.7 Å². The van der Waals surface area contributed by atoms with E-state index in [0.29, 0.717) is 76.9 Å². The molecule has 38 heavy (non-hydrogen) atoms. The number of aromatic amines is 1. The third kappa shape index (κ3) is 5.41. The molecule has 8 nitrogen and oxygen atoms in total. The van der Waals surface area contributed by atoms with Crippen molar-refractivity contribution < 1.29 is 27.2 Å². The molecule has 0 bridgehead atoms. The summed E-state index contributed by atoms with van der Waals surface area (Å²) in [5, 5.41) is 0.494. The first-order valence-electron chi connectivity index (χ1n) is 11.9. The van der Waals surface area contributed by atoms with Crippen LogP contribution in [0.25, 0.3) is 21.7 Å². The van der Waals surface area contributed by atoms with Gasteiger partial charge < -0.3 is 9.32 Å². The Labute approximate surface area is 218 Å². The number of aromatic nitrogens is 2. The number of carbonyl (C=O) groups is 2. The summed E-state index contributed by atoms with van der Waals surface area (Å²) >= 11 is 1.17. The van der Waals surface area contributed by atoms with Crippen LogP contribution in [0.2, 0.25) is 0 Å². The lowest BCUT2D eigenvalue weighted by Crippen LogP contribution is -2.49. The lowest BCUT2D eigenvalue weighted by atomic mass is 10.1. The van der Waals surface area contributed by atoms with Gasteiger partial charge in [0.15, 0.2) is 11.4 Å². The van der Waals surface area contributed by atoms with Gasteiger partial charge in [-0.3, -0.25) is 19.5 Å². The van der Waals surface area contributed by atoms with Gasteiger partial charge in [-0.2, -0.15) is 13.2 Å². The summed E-state index contributed by atoms with van der Waals surface area (Å²) in [6.07, 6.45) is -4.12. The predicted molar refractivity (Wildman–Crippen MR) is 135 cm³/mol. The number of thiazole rings is 1. The Balaban J connectivity index is 1.16. The summed E-state index contributed by atoms with van der Waals surface area (Å²) in [6, 6.07) is 9.60. The zero-order valence-electron chi connectivity index (χ0n) is 20.3. The average Bonchev–Trinajstić information content (AvgIpc) is 3.47. The third-order valence-electron chi connectivity index (χ3n) is 6.51. The maximum atomic E-state index is 13.2. The highest BCUT2D eigenvalue weighted by molar-refractivity contribution is 7.17. The van der Waals surface area contributed by atoms with Gasteiger partial charge in [0.05, 0.1) is 16.8 Å². The Bertz CT molecular complexity index is 1550. The number of nitrogens with one attached hydrogen (secondary N) is 1. The Hall–Kier alpha value is -3.77. The van der Waals surface area contributed by atoms with Crippen molar-refractivity contribution in [1.82, 2.24) is 19.8 Å². The topological polar surface area (TPSA) is 99.5 Å². The largest absolute Gasteiger partial charge is 0.417 e. The van der Waals surface area contributed by atoms with Gasteiger partial charge in [0.1, 0.15) is 9.88 Å². The number of rotatable bonds is 6. The second kappa shape index (κ2) is 10.2. The van der Waals surface area contributed by atoms with Gasteiger partial charge in [-0.25, -0.2) is 9.78 Å². The highest BCUT2D eigenvalue weighted by atomic mass is 32.1. The number of fused-ring (bicyclic) bond motifs is 1. The average molecular weight is 545 g/mol. The minimum Gasteiger partial charge on any atom is -0.408 e. The van der Waals surface area contributed by atoms with E-state index >= 15 is 0 Å². The van der Waals surface area contributed by atoms with Gasteiger partial charge in [-0.1, -0.05) is 12.1 Å². The molecule has 0 unspecified atom stereocenters. The molecule has 1 aliphatic heterocycles. The van der Waals surface area contributed by atoms with Crippen LogP contribution in [0.4, 0.5) is 13.2 Å². The number of Topliss-reactive ketones (excluding diaryl/α,β-unsaturated/α-hetero) is 1. The van der Waals surface area contributed by atoms with Crippen LogP contribution in [-0.2, 0) is 6.18 Å². The Morgan fingerprint density at radius 2 is 1.79 bits per heavy atom. The minimum atomic E-state index is -4.41.